The van der Waals surface area contributed by atoms with E-state index in [9.17, 15) is 4.79 Å². The van der Waals surface area contributed by atoms with Gasteiger partial charge in [-0.3, -0.25) is 9.69 Å². The lowest BCUT2D eigenvalue weighted by atomic mass is 10.1. The molecule has 0 N–H and O–H groups in total. The van der Waals surface area contributed by atoms with E-state index < -0.39 is 0 Å². The zero-order valence-corrected chi connectivity index (χ0v) is 15.0. The maximum absolute atomic E-state index is 12.5. The molecular formula is C17H28N6O2. The molecule has 1 saturated heterocycles. The normalized spacial score (nSPS) is 21.2. The molecule has 1 amide bonds. The van der Waals surface area contributed by atoms with Crippen LogP contribution < -0.4 is 0 Å². The third-order valence-corrected chi connectivity index (χ3v) is 4.80. The van der Waals surface area contributed by atoms with Crippen LogP contribution in [0.4, 0.5) is 0 Å². The summed E-state index contributed by atoms with van der Waals surface area (Å²) in [6.45, 7) is 7.66. The number of aryl methyl sites for hydroxylation is 1. The van der Waals surface area contributed by atoms with Gasteiger partial charge in [0.05, 0.1) is 25.8 Å². The lowest BCUT2D eigenvalue weighted by Crippen LogP contribution is -2.36. The maximum Gasteiger partial charge on any atom is 0.223 e. The van der Waals surface area contributed by atoms with Crippen LogP contribution in [0.1, 0.15) is 38.4 Å². The molecule has 0 unspecified atom stereocenters. The van der Waals surface area contributed by atoms with E-state index >= 15 is 0 Å². The summed E-state index contributed by atoms with van der Waals surface area (Å²) in [4.78, 5) is 16.7. The zero-order valence-electron chi connectivity index (χ0n) is 15.0. The Morgan fingerprint density at radius 1 is 1.36 bits per heavy atom. The van der Waals surface area contributed by atoms with E-state index in [1.165, 1.54) is 0 Å². The second-order valence-electron chi connectivity index (χ2n) is 6.64. The highest BCUT2D eigenvalue weighted by Crippen LogP contribution is 2.16. The van der Waals surface area contributed by atoms with Crippen molar-refractivity contribution in [2.24, 2.45) is 0 Å². The van der Waals surface area contributed by atoms with Gasteiger partial charge < -0.3 is 9.64 Å². The van der Waals surface area contributed by atoms with E-state index in [0.717, 1.165) is 64.5 Å². The van der Waals surface area contributed by atoms with Crippen LogP contribution in [0.5, 0.6) is 0 Å². The Labute approximate surface area is 148 Å². The van der Waals surface area contributed by atoms with Gasteiger partial charge in [-0.05, 0) is 23.3 Å². The van der Waals surface area contributed by atoms with Crippen LogP contribution in [0.25, 0.3) is 0 Å². The first kappa shape index (κ1) is 18.0. The van der Waals surface area contributed by atoms with Gasteiger partial charge in [-0.25, -0.2) is 4.68 Å². The Kier molecular flexibility index (Phi) is 6.52. The molecule has 8 nitrogen and oxygen atoms in total. The van der Waals surface area contributed by atoms with E-state index in [1.54, 1.807) is 0 Å². The van der Waals surface area contributed by atoms with Crippen LogP contribution in [0.15, 0.2) is 12.2 Å². The van der Waals surface area contributed by atoms with Crippen molar-refractivity contribution in [2.75, 3.05) is 32.8 Å². The minimum Gasteiger partial charge on any atom is -0.379 e. The number of morpholine rings is 1. The molecule has 138 valence electrons. The standard InChI is InChI=1S/C17H28N6O2/c1-2-5-15-6-3-8-22(15)17(24)7-4-9-23-16(18-19-20-23)14-21-10-12-25-13-11-21/h3,6,15H,2,4-5,7-14H2,1H3/t15-/m0/s1. The van der Waals surface area contributed by atoms with Crippen LogP contribution in [0.3, 0.4) is 0 Å². The topological polar surface area (TPSA) is 76.4 Å². The van der Waals surface area contributed by atoms with Gasteiger partial charge in [-0.1, -0.05) is 25.5 Å². The third-order valence-electron chi connectivity index (χ3n) is 4.80. The van der Waals surface area contributed by atoms with Crippen LogP contribution in [-0.2, 0) is 22.6 Å². The summed E-state index contributed by atoms with van der Waals surface area (Å²) < 4.78 is 7.20. The summed E-state index contributed by atoms with van der Waals surface area (Å²) in [5, 5.41) is 12.0. The molecule has 0 spiro atoms. The Balaban J connectivity index is 1.44. The Bertz CT molecular complexity index is 581. The minimum atomic E-state index is 0.228. The number of amides is 1. The van der Waals surface area contributed by atoms with Crippen LogP contribution >= 0.6 is 0 Å². The van der Waals surface area contributed by atoms with Crippen LogP contribution in [0.2, 0.25) is 0 Å². The number of aromatic nitrogens is 4. The Morgan fingerprint density at radius 2 is 2.20 bits per heavy atom. The number of ether oxygens (including phenoxy) is 1. The van der Waals surface area contributed by atoms with Crippen molar-refractivity contribution in [1.29, 1.82) is 0 Å². The Hall–Kier alpha value is -1.80. The average Bonchev–Trinajstić information content (AvgIpc) is 3.26. The lowest BCUT2D eigenvalue weighted by molar-refractivity contribution is -0.131. The summed E-state index contributed by atoms with van der Waals surface area (Å²) in [5.74, 6) is 1.09. The molecule has 0 aromatic carbocycles. The van der Waals surface area contributed by atoms with Gasteiger partial charge in [0.1, 0.15) is 0 Å². The second kappa shape index (κ2) is 9.05. The summed E-state index contributed by atoms with van der Waals surface area (Å²) in [7, 11) is 0. The summed E-state index contributed by atoms with van der Waals surface area (Å²) in [6, 6.07) is 0.280. The molecule has 1 aromatic heterocycles. The van der Waals surface area contributed by atoms with Crippen molar-refractivity contribution in [1.82, 2.24) is 30.0 Å². The number of nitrogens with zero attached hydrogens (tertiary/aromatic N) is 6. The summed E-state index contributed by atoms with van der Waals surface area (Å²) in [6.07, 6.45) is 7.69. The number of carbonyl (C=O) groups excluding carboxylic acids is 1. The molecule has 0 saturated carbocycles. The average molecular weight is 348 g/mol. The predicted octanol–water partition coefficient (Wildman–Crippen LogP) is 0.853. The largest absolute Gasteiger partial charge is 0.379 e. The van der Waals surface area contributed by atoms with Gasteiger partial charge in [0, 0.05) is 32.6 Å². The highest BCUT2D eigenvalue weighted by molar-refractivity contribution is 5.77. The molecule has 8 heteroatoms. The molecule has 3 heterocycles. The minimum absolute atomic E-state index is 0.228. The first-order valence-electron chi connectivity index (χ1n) is 9.29. The fourth-order valence-corrected chi connectivity index (χ4v) is 3.40. The van der Waals surface area contributed by atoms with Crippen molar-refractivity contribution >= 4 is 5.91 Å². The summed E-state index contributed by atoms with van der Waals surface area (Å²) >= 11 is 0. The molecular weight excluding hydrogens is 320 g/mol. The van der Waals surface area contributed by atoms with Gasteiger partial charge >= 0.3 is 0 Å². The predicted molar refractivity (Wildman–Crippen MR) is 92.7 cm³/mol. The van der Waals surface area contributed by atoms with Crippen LogP contribution in [0, 0.1) is 0 Å². The van der Waals surface area contributed by atoms with Crippen molar-refractivity contribution in [3.8, 4) is 0 Å². The highest BCUT2D eigenvalue weighted by Gasteiger charge is 2.23. The molecule has 1 fully saturated rings. The van der Waals surface area contributed by atoms with Gasteiger partial charge in [-0.15, -0.1) is 5.10 Å². The fraction of sp³-hybridized carbons (Fsp3) is 0.765. The zero-order chi connectivity index (χ0) is 17.5. The number of carbonyl (C=O) groups is 1. The SMILES string of the molecule is CCC[C@H]1C=CCN1C(=O)CCCn1nnnc1CN1CCOCC1. The first-order chi connectivity index (χ1) is 12.3. The number of rotatable bonds is 8. The number of hydrogen-bond donors (Lipinski definition) is 0. The van der Waals surface area contributed by atoms with Crippen molar-refractivity contribution in [3.63, 3.8) is 0 Å². The van der Waals surface area contributed by atoms with E-state index in [1.807, 2.05) is 9.58 Å². The van der Waals surface area contributed by atoms with E-state index in [4.69, 9.17) is 4.74 Å². The highest BCUT2D eigenvalue weighted by atomic mass is 16.5. The summed E-state index contributed by atoms with van der Waals surface area (Å²) in [5.41, 5.74) is 0. The molecule has 0 radical (unpaired) electrons. The van der Waals surface area contributed by atoms with Crippen molar-refractivity contribution in [2.45, 2.75) is 51.7 Å². The lowest BCUT2D eigenvalue weighted by Gasteiger charge is -2.26. The molecule has 0 bridgehead atoms. The van der Waals surface area contributed by atoms with Crippen LogP contribution in [-0.4, -0.2) is 74.8 Å². The first-order valence-corrected chi connectivity index (χ1v) is 9.29. The van der Waals surface area contributed by atoms with Crippen molar-refractivity contribution < 1.29 is 9.53 Å². The maximum atomic E-state index is 12.5. The molecule has 1 atom stereocenters. The van der Waals surface area contributed by atoms with E-state index in [2.05, 4.69) is 39.5 Å². The third kappa shape index (κ3) is 4.85. The van der Waals surface area contributed by atoms with Gasteiger partial charge in [0.15, 0.2) is 5.82 Å². The van der Waals surface area contributed by atoms with E-state index in [-0.39, 0.29) is 11.9 Å². The van der Waals surface area contributed by atoms with Crippen molar-refractivity contribution in [3.05, 3.63) is 18.0 Å². The number of tetrazole rings is 1. The quantitative estimate of drug-likeness (QED) is 0.649. The second-order valence-corrected chi connectivity index (χ2v) is 6.64. The Morgan fingerprint density at radius 3 is 3.00 bits per heavy atom. The molecule has 3 rings (SSSR count). The van der Waals surface area contributed by atoms with Gasteiger partial charge in [0.25, 0.3) is 0 Å². The molecule has 0 aliphatic carbocycles. The van der Waals surface area contributed by atoms with Gasteiger partial charge in [-0.2, -0.15) is 0 Å². The van der Waals surface area contributed by atoms with Gasteiger partial charge in [0.2, 0.25) is 5.91 Å². The molecule has 2 aliphatic heterocycles. The number of hydrogen-bond acceptors (Lipinski definition) is 6. The molecule has 1 aromatic rings. The van der Waals surface area contributed by atoms with E-state index in [0.29, 0.717) is 13.0 Å². The fourth-order valence-electron chi connectivity index (χ4n) is 3.40. The molecule has 2 aliphatic rings. The smallest absolute Gasteiger partial charge is 0.223 e. The molecule has 25 heavy (non-hydrogen) atoms. The monoisotopic (exact) mass is 348 g/mol.